The number of benzene rings is 1. The number of hydrogen-bond donors (Lipinski definition) is 8. The monoisotopic (exact) mass is 536 g/mol. The van der Waals surface area contributed by atoms with Crippen LogP contribution in [0.3, 0.4) is 0 Å². The van der Waals surface area contributed by atoms with Gasteiger partial charge < -0.3 is 43.4 Å². The van der Waals surface area contributed by atoms with E-state index in [1.165, 1.54) is 0 Å². The molecule has 210 valence electrons. The minimum atomic E-state index is -1.63. The van der Waals surface area contributed by atoms with Gasteiger partial charge in [-0.2, -0.15) is 0 Å². The van der Waals surface area contributed by atoms with Crippen molar-refractivity contribution in [3.05, 3.63) is 35.9 Å². The summed E-state index contributed by atoms with van der Waals surface area (Å²) >= 11 is 0. The fourth-order valence-corrected chi connectivity index (χ4v) is 3.45. The van der Waals surface area contributed by atoms with E-state index in [0.717, 1.165) is 0 Å². The maximum atomic E-state index is 13.0. The Balaban J connectivity index is 2.99. The minimum Gasteiger partial charge on any atom is -0.481 e. The van der Waals surface area contributed by atoms with Crippen molar-refractivity contribution >= 4 is 35.6 Å². The predicted octanol–water partition coefficient (Wildman–Crippen LogP) is -2.04. The molecule has 14 nitrogen and oxygen atoms in total. The number of hydrogen-bond acceptors (Lipinski definition) is 8. The summed E-state index contributed by atoms with van der Waals surface area (Å²) in [4.78, 5) is 72.4. The molecule has 0 bridgehead atoms. The zero-order chi connectivity index (χ0) is 28.7. The van der Waals surface area contributed by atoms with E-state index in [9.17, 15) is 39.0 Å². The molecule has 0 fully saturated rings. The highest BCUT2D eigenvalue weighted by Gasteiger charge is 2.31. The summed E-state index contributed by atoms with van der Waals surface area (Å²) in [6.07, 6.45) is -0.0724. The van der Waals surface area contributed by atoms with Gasteiger partial charge in [-0.05, 0) is 37.8 Å². The SMILES string of the molecule is NCCCCC(NC(=O)C(N)CCC(N)=O)C(=O)NC(CC(=O)O)C(=O)NC(Cc1ccccc1)C(=O)O. The van der Waals surface area contributed by atoms with Crippen molar-refractivity contribution in [1.82, 2.24) is 16.0 Å². The molecule has 4 atom stereocenters. The Morgan fingerprint density at radius 1 is 0.789 bits per heavy atom. The molecule has 0 saturated heterocycles. The average molecular weight is 537 g/mol. The van der Waals surface area contributed by atoms with Crippen LogP contribution in [-0.4, -0.2) is 76.5 Å². The van der Waals surface area contributed by atoms with Crippen molar-refractivity contribution in [1.29, 1.82) is 0 Å². The quantitative estimate of drug-likeness (QED) is 0.0953. The molecule has 0 aromatic heterocycles. The summed E-state index contributed by atoms with van der Waals surface area (Å²) in [5, 5.41) is 25.8. The van der Waals surface area contributed by atoms with E-state index >= 15 is 0 Å². The number of unbranched alkanes of at least 4 members (excludes halogenated alkanes) is 1. The average Bonchev–Trinajstić information content (AvgIpc) is 2.85. The summed E-state index contributed by atoms with van der Waals surface area (Å²) in [6, 6.07) is 3.12. The number of carbonyl (C=O) groups is 6. The molecule has 0 heterocycles. The predicted molar refractivity (Wildman–Crippen MR) is 135 cm³/mol. The maximum Gasteiger partial charge on any atom is 0.326 e. The Bertz CT molecular complexity index is 974. The third kappa shape index (κ3) is 12.3. The molecule has 1 aromatic carbocycles. The van der Waals surface area contributed by atoms with Crippen LogP contribution < -0.4 is 33.2 Å². The maximum absolute atomic E-state index is 13.0. The number of amides is 4. The van der Waals surface area contributed by atoms with Crippen LogP contribution in [0.15, 0.2) is 30.3 Å². The Hall–Kier alpha value is -4.04. The van der Waals surface area contributed by atoms with Crippen LogP contribution in [0.1, 0.15) is 44.1 Å². The highest BCUT2D eigenvalue weighted by atomic mass is 16.4. The molecule has 0 aliphatic carbocycles. The molecule has 11 N–H and O–H groups in total. The first-order valence-electron chi connectivity index (χ1n) is 12.1. The number of carboxylic acid groups (broad SMARTS) is 2. The second kappa shape index (κ2) is 16.7. The van der Waals surface area contributed by atoms with E-state index in [-0.39, 0.29) is 25.7 Å². The van der Waals surface area contributed by atoms with E-state index in [4.69, 9.17) is 17.2 Å². The number of nitrogens with two attached hydrogens (primary N) is 3. The van der Waals surface area contributed by atoms with E-state index in [1.54, 1.807) is 30.3 Å². The van der Waals surface area contributed by atoms with Crippen molar-refractivity contribution in [3.8, 4) is 0 Å². The summed E-state index contributed by atoms with van der Waals surface area (Å²) in [6.45, 7) is 0.322. The lowest BCUT2D eigenvalue weighted by atomic mass is 10.0. The topological polar surface area (TPSA) is 257 Å². The molecule has 4 amide bonds. The number of primary amides is 1. The van der Waals surface area contributed by atoms with Crippen LogP contribution in [-0.2, 0) is 35.2 Å². The van der Waals surface area contributed by atoms with Crippen LogP contribution >= 0.6 is 0 Å². The van der Waals surface area contributed by atoms with Crippen LogP contribution in [0.4, 0.5) is 0 Å². The van der Waals surface area contributed by atoms with E-state index in [0.29, 0.717) is 24.9 Å². The van der Waals surface area contributed by atoms with Gasteiger partial charge in [0.2, 0.25) is 23.6 Å². The lowest BCUT2D eigenvalue weighted by molar-refractivity contribution is -0.143. The van der Waals surface area contributed by atoms with Gasteiger partial charge in [0.15, 0.2) is 0 Å². The van der Waals surface area contributed by atoms with Gasteiger partial charge in [-0.25, -0.2) is 4.79 Å². The summed E-state index contributed by atoms with van der Waals surface area (Å²) < 4.78 is 0. The highest BCUT2D eigenvalue weighted by Crippen LogP contribution is 2.07. The molecule has 1 aromatic rings. The van der Waals surface area contributed by atoms with Gasteiger partial charge in [0.05, 0.1) is 12.5 Å². The first-order valence-corrected chi connectivity index (χ1v) is 12.1. The van der Waals surface area contributed by atoms with Gasteiger partial charge in [-0.3, -0.25) is 24.0 Å². The number of nitrogens with one attached hydrogen (secondary N) is 3. The number of carboxylic acids is 2. The van der Waals surface area contributed by atoms with Crippen LogP contribution in [0.2, 0.25) is 0 Å². The largest absolute Gasteiger partial charge is 0.481 e. The van der Waals surface area contributed by atoms with Crippen molar-refractivity contribution in [2.45, 2.75) is 69.1 Å². The van der Waals surface area contributed by atoms with Crippen LogP contribution in [0.25, 0.3) is 0 Å². The molecule has 1 rings (SSSR count). The van der Waals surface area contributed by atoms with Crippen molar-refractivity contribution < 1.29 is 39.0 Å². The van der Waals surface area contributed by atoms with Crippen LogP contribution in [0.5, 0.6) is 0 Å². The fourth-order valence-electron chi connectivity index (χ4n) is 3.45. The molecule has 0 spiro atoms. The Morgan fingerprint density at radius 3 is 1.92 bits per heavy atom. The first kappa shape index (κ1) is 32.0. The normalized spacial score (nSPS) is 13.8. The zero-order valence-corrected chi connectivity index (χ0v) is 20.9. The molecule has 0 aliphatic rings. The Morgan fingerprint density at radius 2 is 1.37 bits per heavy atom. The van der Waals surface area contributed by atoms with Crippen LogP contribution in [0, 0.1) is 0 Å². The number of carbonyl (C=O) groups excluding carboxylic acids is 4. The Labute approximate surface area is 219 Å². The minimum absolute atomic E-state index is 0.0552. The molecule has 0 radical (unpaired) electrons. The second-order valence-corrected chi connectivity index (χ2v) is 8.71. The van der Waals surface area contributed by atoms with Gasteiger partial charge in [-0.15, -0.1) is 0 Å². The molecule has 0 saturated carbocycles. The van der Waals surface area contributed by atoms with E-state index in [2.05, 4.69) is 16.0 Å². The molecule has 38 heavy (non-hydrogen) atoms. The third-order valence-corrected chi connectivity index (χ3v) is 5.53. The van der Waals surface area contributed by atoms with Gasteiger partial charge in [-0.1, -0.05) is 30.3 Å². The molecular weight excluding hydrogens is 500 g/mol. The molecule has 14 heteroatoms. The third-order valence-electron chi connectivity index (χ3n) is 5.53. The van der Waals surface area contributed by atoms with Gasteiger partial charge >= 0.3 is 11.9 Å². The molecule has 0 aliphatic heterocycles. The second-order valence-electron chi connectivity index (χ2n) is 8.71. The lowest BCUT2D eigenvalue weighted by Crippen LogP contribution is -2.57. The van der Waals surface area contributed by atoms with Gasteiger partial charge in [0.1, 0.15) is 18.1 Å². The summed E-state index contributed by atoms with van der Waals surface area (Å²) in [5.74, 6) is -6.05. The fraction of sp³-hybridized carbons (Fsp3) is 0.500. The zero-order valence-electron chi connectivity index (χ0n) is 20.9. The van der Waals surface area contributed by atoms with Gasteiger partial charge in [0, 0.05) is 12.8 Å². The van der Waals surface area contributed by atoms with E-state index < -0.39 is 66.2 Å². The molecular formula is C24H36N6O8. The summed E-state index contributed by atoms with van der Waals surface area (Å²) in [5.41, 5.74) is 16.9. The Kier molecular flexibility index (Phi) is 14.0. The smallest absolute Gasteiger partial charge is 0.326 e. The van der Waals surface area contributed by atoms with E-state index in [1.807, 2.05) is 0 Å². The van der Waals surface area contributed by atoms with Gasteiger partial charge in [0.25, 0.3) is 0 Å². The number of rotatable bonds is 18. The summed E-state index contributed by atoms with van der Waals surface area (Å²) in [7, 11) is 0. The number of aliphatic carboxylic acids is 2. The van der Waals surface area contributed by atoms with Crippen molar-refractivity contribution in [2.75, 3.05) is 6.54 Å². The van der Waals surface area contributed by atoms with Crippen molar-refractivity contribution in [3.63, 3.8) is 0 Å². The highest BCUT2D eigenvalue weighted by molar-refractivity contribution is 5.95. The van der Waals surface area contributed by atoms with Crippen molar-refractivity contribution in [2.24, 2.45) is 17.2 Å². The lowest BCUT2D eigenvalue weighted by Gasteiger charge is -2.24. The standard InChI is InChI=1S/C24H36N6O8/c25-11-5-4-8-16(28-21(34)15(26)9-10-19(27)31)22(35)29-17(13-20(32)33)23(36)30-18(24(37)38)12-14-6-2-1-3-7-14/h1-3,6-7,15-18H,4-5,8-13,25-26H2,(H2,27,31)(H,28,34)(H,29,35)(H,30,36)(H,32,33)(H,37,38). The molecule has 4 unspecified atom stereocenters. The first-order chi connectivity index (χ1) is 17.9.